The minimum atomic E-state index is -3.58. The molecule has 1 amide bonds. The summed E-state index contributed by atoms with van der Waals surface area (Å²) in [5, 5.41) is 3.07. The lowest BCUT2D eigenvalue weighted by atomic mass is 9.97. The first-order valence-corrected chi connectivity index (χ1v) is 11.2. The van der Waals surface area contributed by atoms with Crippen LogP contribution in [0.2, 0.25) is 0 Å². The summed E-state index contributed by atoms with van der Waals surface area (Å²) in [4.78, 5) is 13.1. The molecule has 1 N–H and O–H groups in total. The van der Waals surface area contributed by atoms with Crippen molar-refractivity contribution in [2.45, 2.75) is 44.6 Å². The summed E-state index contributed by atoms with van der Waals surface area (Å²) in [7, 11) is -3.58. The number of benzene rings is 2. The third kappa shape index (κ3) is 4.45. The van der Waals surface area contributed by atoms with Crippen molar-refractivity contribution in [1.82, 2.24) is 9.62 Å². The van der Waals surface area contributed by atoms with Crippen LogP contribution in [0.3, 0.4) is 0 Å². The van der Waals surface area contributed by atoms with Crippen LogP contribution >= 0.6 is 0 Å². The van der Waals surface area contributed by atoms with Crippen LogP contribution in [0.25, 0.3) is 0 Å². The molecule has 2 aromatic rings. The summed E-state index contributed by atoms with van der Waals surface area (Å²) >= 11 is 0. The monoisotopic (exact) mass is 400 g/mol. The van der Waals surface area contributed by atoms with Gasteiger partial charge in [-0.15, -0.1) is 0 Å². The van der Waals surface area contributed by atoms with Crippen molar-refractivity contribution in [2.75, 3.05) is 13.1 Å². The van der Waals surface area contributed by atoms with Gasteiger partial charge >= 0.3 is 0 Å². The summed E-state index contributed by atoms with van der Waals surface area (Å²) in [6.07, 6.45) is 1.38. The molecule has 0 radical (unpaired) electrons. The lowest BCUT2D eigenvalue weighted by Crippen LogP contribution is -2.45. The van der Waals surface area contributed by atoms with Crippen LogP contribution in [-0.2, 0) is 14.8 Å². The zero-order chi connectivity index (χ0) is 20.3. The van der Waals surface area contributed by atoms with E-state index in [0.29, 0.717) is 19.4 Å². The van der Waals surface area contributed by atoms with Gasteiger partial charge in [0, 0.05) is 13.1 Å². The molecule has 3 rings (SSSR count). The van der Waals surface area contributed by atoms with Gasteiger partial charge in [0.25, 0.3) is 0 Å². The second kappa shape index (κ2) is 8.45. The SMILES string of the molecule is Cc1ccc(S(=O)(=O)N2CCCC(C(=O)NC(C)c3ccccc3C)C2)cc1. The topological polar surface area (TPSA) is 66.5 Å². The summed E-state index contributed by atoms with van der Waals surface area (Å²) in [6, 6.07) is 14.7. The number of amides is 1. The fraction of sp³-hybridized carbons (Fsp3) is 0.409. The van der Waals surface area contributed by atoms with Gasteiger partial charge in [-0.05, 0) is 56.9 Å². The van der Waals surface area contributed by atoms with Crippen LogP contribution in [0.4, 0.5) is 0 Å². The Hall–Kier alpha value is -2.18. The van der Waals surface area contributed by atoms with Gasteiger partial charge < -0.3 is 5.32 Å². The first-order valence-electron chi connectivity index (χ1n) is 9.72. The lowest BCUT2D eigenvalue weighted by molar-refractivity contribution is -0.126. The molecule has 2 aromatic carbocycles. The molecule has 1 aliphatic heterocycles. The number of carbonyl (C=O) groups is 1. The Kier molecular flexibility index (Phi) is 6.20. The number of hydrogen-bond donors (Lipinski definition) is 1. The van der Waals surface area contributed by atoms with Crippen molar-refractivity contribution < 1.29 is 13.2 Å². The molecule has 1 heterocycles. The Balaban J connectivity index is 1.69. The van der Waals surface area contributed by atoms with E-state index in [2.05, 4.69) is 5.32 Å². The highest BCUT2D eigenvalue weighted by molar-refractivity contribution is 7.89. The van der Waals surface area contributed by atoms with Gasteiger partial charge in [-0.1, -0.05) is 42.0 Å². The van der Waals surface area contributed by atoms with E-state index >= 15 is 0 Å². The number of nitrogens with zero attached hydrogens (tertiary/aromatic N) is 1. The van der Waals surface area contributed by atoms with Crippen LogP contribution in [0.1, 0.15) is 42.5 Å². The highest BCUT2D eigenvalue weighted by atomic mass is 32.2. The summed E-state index contributed by atoms with van der Waals surface area (Å²) in [5.41, 5.74) is 3.22. The van der Waals surface area contributed by atoms with Crippen molar-refractivity contribution in [2.24, 2.45) is 5.92 Å². The van der Waals surface area contributed by atoms with E-state index in [0.717, 1.165) is 16.7 Å². The number of nitrogens with one attached hydrogen (secondary N) is 1. The Labute approximate surface area is 167 Å². The minimum Gasteiger partial charge on any atom is -0.349 e. The maximum atomic E-state index is 12.9. The molecule has 1 aliphatic rings. The fourth-order valence-corrected chi connectivity index (χ4v) is 5.24. The third-order valence-corrected chi connectivity index (χ3v) is 7.31. The van der Waals surface area contributed by atoms with Crippen molar-refractivity contribution in [3.05, 3.63) is 65.2 Å². The Morgan fingerprint density at radius 3 is 2.46 bits per heavy atom. The predicted octanol–water partition coefficient (Wildman–Crippen LogP) is 3.58. The van der Waals surface area contributed by atoms with Crippen molar-refractivity contribution >= 4 is 15.9 Å². The maximum absolute atomic E-state index is 12.9. The van der Waals surface area contributed by atoms with Crippen molar-refractivity contribution in [1.29, 1.82) is 0 Å². The van der Waals surface area contributed by atoms with E-state index in [1.807, 2.05) is 45.0 Å². The smallest absolute Gasteiger partial charge is 0.243 e. The average Bonchev–Trinajstić information content (AvgIpc) is 2.68. The molecule has 150 valence electrons. The van der Waals surface area contributed by atoms with Gasteiger partial charge in [-0.25, -0.2) is 8.42 Å². The zero-order valence-electron chi connectivity index (χ0n) is 16.7. The van der Waals surface area contributed by atoms with E-state index in [9.17, 15) is 13.2 Å². The Morgan fingerprint density at radius 2 is 1.79 bits per heavy atom. The molecule has 1 fully saturated rings. The van der Waals surface area contributed by atoms with E-state index in [1.54, 1.807) is 24.3 Å². The minimum absolute atomic E-state index is 0.0837. The molecule has 0 aliphatic carbocycles. The number of rotatable bonds is 5. The highest BCUT2D eigenvalue weighted by Gasteiger charge is 2.33. The van der Waals surface area contributed by atoms with Gasteiger partial charge in [-0.2, -0.15) is 4.31 Å². The lowest BCUT2D eigenvalue weighted by Gasteiger charge is -2.32. The first-order chi connectivity index (χ1) is 13.3. The van der Waals surface area contributed by atoms with E-state index in [-0.39, 0.29) is 29.3 Å². The first kappa shape index (κ1) is 20.6. The van der Waals surface area contributed by atoms with Crippen LogP contribution in [0.15, 0.2) is 53.4 Å². The molecule has 0 spiro atoms. The maximum Gasteiger partial charge on any atom is 0.243 e. The van der Waals surface area contributed by atoms with Crippen molar-refractivity contribution in [3.63, 3.8) is 0 Å². The predicted molar refractivity (Wildman–Crippen MR) is 110 cm³/mol. The van der Waals surface area contributed by atoms with Gasteiger partial charge in [0.15, 0.2) is 0 Å². The second-order valence-electron chi connectivity index (χ2n) is 7.60. The molecular weight excluding hydrogens is 372 g/mol. The molecule has 28 heavy (non-hydrogen) atoms. The highest BCUT2D eigenvalue weighted by Crippen LogP contribution is 2.25. The van der Waals surface area contributed by atoms with Gasteiger partial charge in [0.05, 0.1) is 16.9 Å². The quantitative estimate of drug-likeness (QED) is 0.834. The molecule has 6 heteroatoms. The fourth-order valence-electron chi connectivity index (χ4n) is 3.72. The Morgan fingerprint density at radius 1 is 1.11 bits per heavy atom. The molecule has 0 saturated carbocycles. The molecule has 0 bridgehead atoms. The number of aryl methyl sites for hydroxylation is 2. The van der Waals surface area contributed by atoms with Crippen LogP contribution in [0, 0.1) is 19.8 Å². The van der Waals surface area contributed by atoms with Crippen LogP contribution < -0.4 is 5.32 Å². The van der Waals surface area contributed by atoms with Crippen LogP contribution in [0.5, 0.6) is 0 Å². The molecule has 0 aromatic heterocycles. The van der Waals surface area contributed by atoms with Gasteiger partial charge in [0.2, 0.25) is 15.9 Å². The summed E-state index contributed by atoms with van der Waals surface area (Å²) in [5.74, 6) is -0.417. The largest absolute Gasteiger partial charge is 0.349 e. The average molecular weight is 401 g/mol. The molecule has 1 saturated heterocycles. The number of sulfonamides is 1. The van der Waals surface area contributed by atoms with Crippen molar-refractivity contribution in [3.8, 4) is 0 Å². The second-order valence-corrected chi connectivity index (χ2v) is 9.54. The zero-order valence-corrected chi connectivity index (χ0v) is 17.5. The molecule has 5 nitrogen and oxygen atoms in total. The van der Waals surface area contributed by atoms with E-state index < -0.39 is 10.0 Å². The number of hydrogen-bond acceptors (Lipinski definition) is 3. The number of piperidine rings is 1. The molecule has 2 atom stereocenters. The Bertz CT molecular complexity index is 939. The van der Waals surface area contributed by atoms with Gasteiger partial charge in [-0.3, -0.25) is 4.79 Å². The van der Waals surface area contributed by atoms with E-state index in [1.165, 1.54) is 4.31 Å². The third-order valence-electron chi connectivity index (χ3n) is 5.43. The molecule has 2 unspecified atom stereocenters. The van der Waals surface area contributed by atoms with Gasteiger partial charge in [0.1, 0.15) is 0 Å². The van der Waals surface area contributed by atoms with E-state index in [4.69, 9.17) is 0 Å². The standard InChI is InChI=1S/C22H28N2O3S/c1-16-10-12-20(13-11-16)28(26,27)24-14-6-8-19(15-24)22(25)23-18(3)21-9-5-4-7-17(21)2/h4-5,7,9-13,18-19H,6,8,14-15H2,1-3H3,(H,23,25). The molecular formula is C22H28N2O3S. The number of carbonyl (C=O) groups excluding carboxylic acids is 1. The van der Waals surface area contributed by atoms with Crippen LogP contribution in [-0.4, -0.2) is 31.7 Å². The summed E-state index contributed by atoms with van der Waals surface area (Å²) < 4.78 is 27.3. The normalized spacial score (nSPS) is 19.2. The summed E-state index contributed by atoms with van der Waals surface area (Å²) in [6.45, 7) is 6.58.